The summed E-state index contributed by atoms with van der Waals surface area (Å²) in [5.74, 6) is 0. The van der Waals surface area contributed by atoms with E-state index in [4.69, 9.17) is 0 Å². The Balaban J connectivity index is 2.28. The standard InChI is InChI=1S/C16H25N/c1-3-7-13-10-11-14-8-5-6-9-16(17-4-2)15(14)12-13/h10-12,16-17H,3-9H2,1-2H3. The minimum Gasteiger partial charge on any atom is -0.310 e. The van der Waals surface area contributed by atoms with Gasteiger partial charge in [-0.25, -0.2) is 0 Å². The SMILES string of the molecule is CCCc1ccc2c(c1)C(NCC)CCCC2. The topological polar surface area (TPSA) is 12.0 Å². The van der Waals surface area contributed by atoms with Gasteiger partial charge in [0.2, 0.25) is 0 Å². The third kappa shape index (κ3) is 3.10. The van der Waals surface area contributed by atoms with Crippen LogP contribution in [0.15, 0.2) is 18.2 Å². The van der Waals surface area contributed by atoms with Crippen molar-refractivity contribution < 1.29 is 0 Å². The molecular weight excluding hydrogens is 206 g/mol. The number of benzene rings is 1. The van der Waals surface area contributed by atoms with Crippen molar-refractivity contribution in [3.63, 3.8) is 0 Å². The van der Waals surface area contributed by atoms with Crippen molar-refractivity contribution in [2.45, 2.75) is 58.4 Å². The van der Waals surface area contributed by atoms with E-state index in [0.717, 1.165) is 6.54 Å². The van der Waals surface area contributed by atoms with Crippen molar-refractivity contribution in [2.75, 3.05) is 6.54 Å². The van der Waals surface area contributed by atoms with E-state index >= 15 is 0 Å². The lowest BCUT2D eigenvalue weighted by Gasteiger charge is -2.19. The summed E-state index contributed by atoms with van der Waals surface area (Å²) in [6.45, 7) is 5.54. The Bertz CT molecular complexity index is 357. The molecule has 0 fully saturated rings. The Morgan fingerprint density at radius 3 is 2.88 bits per heavy atom. The molecule has 1 atom stereocenters. The van der Waals surface area contributed by atoms with Crippen molar-refractivity contribution in [1.82, 2.24) is 5.32 Å². The van der Waals surface area contributed by atoms with Gasteiger partial charge in [0, 0.05) is 6.04 Å². The summed E-state index contributed by atoms with van der Waals surface area (Å²) in [5, 5.41) is 3.65. The molecule has 0 saturated carbocycles. The maximum absolute atomic E-state index is 3.65. The predicted molar refractivity (Wildman–Crippen MR) is 74.4 cm³/mol. The molecule has 0 aromatic heterocycles. The van der Waals surface area contributed by atoms with Gasteiger partial charge in [-0.3, -0.25) is 0 Å². The minimum absolute atomic E-state index is 0.592. The van der Waals surface area contributed by atoms with E-state index in [1.165, 1.54) is 44.1 Å². The molecule has 0 aliphatic heterocycles. The van der Waals surface area contributed by atoms with Crippen molar-refractivity contribution in [2.24, 2.45) is 0 Å². The van der Waals surface area contributed by atoms with E-state index in [9.17, 15) is 0 Å². The van der Waals surface area contributed by atoms with Gasteiger partial charge in [-0.1, -0.05) is 44.9 Å². The van der Waals surface area contributed by atoms with Gasteiger partial charge < -0.3 is 5.32 Å². The van der Waals surface area contributed by atoms with Gasteiger partial charge in [0.15, 0.2) is 0 Å². The van der Waals surface area contributed by atoms with E-state index in [1.54, 1.807) is 11.1 Å². The fourth-order valence-electron chi connectivity index (χ4n) is 2.92. The molecule has 2 rings (SSSR count). The lowest BCUT2D eigenvalue weighted by Crippen LogP contribution is -2.21. The monoisotopic (exact) mass is 231 g/mol. The van der Waals surface area contributed by atoms with Gasteiger partial charge in [0.25, 0.3) is 0 Å². The molecule has 0 saturated heterocycles. The Morgan fingerprint density at radius 2 is 2.12 bits per heavy atom. The van der Waals surface area contributed by atoms with E-state index in [-0.39, 0.29) is 0 Å². The highest BCUT2D eigenvalue weighted by Gasteiger charge is 2.17. The smallest absolute Gasteiger partial charge is 0.0322 e. The molecule has 0 spiro atoms. The molecular formula is C16H25N. The number of hydrogen-bond acceptors (Lipinski definition) is 1. The van der Waals surface area contributed by atoms with Gasteiger partial charge in [0.05, 0.1) is 0 Å². The van der Waals surface area contributed by atoms with Gasteiger partial charge in [-0.15, -0.1) is 0 Å². The fourth-order valence-corrected chi connectivity index (χ4v) is 2.92. The largest absolute Gasteiger partial charge is 0.310 e. The van der Waals surface area contributed by atoms with Crippen LogP contribution in [0.3, 0.4) is 0 Å². The fraction of sp³-hybridized carbons (Fsp3) is 0.625. The van der Waals surface area contributed by atoms with Crippen molar-refractivity contribution in [1.29, 1.82) is 0 Å². The van der Waals surface area contributed by atoms with Crippen LogP contribution in [0.2, 0.25) is 0 Å². The quantitative estimate of drug-likeness (QED) is 0.772. The lowest BCUT2D eigenvalue weighted by atomic mass is 9.95. The van der Waals surface area contributed by atoms with Crippen molar-refractivity contribution >= 4 is 0 Å². The van der Waals surface area contributed by atoms with Gasteiger partial charge >= 0.3 is 0 Å². The van der Waals surface area contributed by atoms with Crippen LogP contribution in [0.4, 0.5) is 0 Å². The molecule has 0 radical (unpaired) electrons. The minimum atomic E-state index is 0.592. The highest BCUT2D eigenvalue weighted by atomic mass is 14.9. The molecule has 94 valence electrons. The summed E-state index contributed by atoms with van der Waals surface area (Å²) in [6.07, 6.45) is 7.73. The van der Waals surface area contributed by atoms with Gasteiger partial charge in [0.1, 0.15) is 0 Å². The van der Waals surface area contributed by atoms with E-state index < -0.39 is 0 Å². The lowest BCUT2D eigenvalue weighted by molar-refractivity contribution is 0.503. The maximum atomic E-state index is 3.65. The highest BCUT2D eigenvalue weighted by molar-refractivity contribution is 5.35. The second kappa shape index (κ2) is 6.20. The first kappa shape index (κ1) is 12.6. The number of rotatable bonds is 4. The third-order valence-corrected chi connectivity index (χ3v) is 3.76. The number of fused-ring (bicyclic) bond motifs is 1. The summed E-state index contributed by atoms with van der Waals surface area (Å²) >= 11 is 0. The summed E-state index contributed by atoms with van der Waals surface area (Å²) in [5.41, 5.74) is 4.67. The molecule has 1 aliphatic carbocycles. The Hall–Kier alpha value is -0.820. The Morgan fingerprint density at radius 1 is 1.24 bits per heavy atom. The Kier molecular flexibility index (Phi) is 4.61. The zero-order valence-electron chi connectivity index (χ0n) is 11.3. The van der Waals surface area contributed by atoms with E-state index in [1.807, 2.05) is 0 Å². The molecule has 1 heteroatoms. The normalized spacial score (nSPS) is 19.8. The first-order chi connectivity index (χ1) is 8.35. The van der Waals surface area contributed by atoms with Crippen LogP contribution in [0.25, 0.3) is 0 Å². The second-order valence-electron chi connectivity index (χ2n) is 5.14. The molecule has 1 aliphatic rings. The Labute approximate surface area is 106 Å². The molecule has 1 N–H and O–H groups in total. The van der Waals surface area contributed by atoms with Crippen molar-refractivity contribution in [3.05, 3.63) is 34.9 Å². The highest BCUT2D eigenvalue weighted by Crippen LogP contribution is 2.29. The van der Waals surface area contributed by atoms with Crippen LogP contribution in [0, 0.1) is 0 Å². The molecule has 0 amide bonds. The molecule has 0 heterocycles. The second-order valence-corrected chi connectivity index (χ2v) is 5.14. The van der Waals surface area contributed by atoms with Crippen LogP contribution >= 0.6 is 0 Å². The maximum Gasteiger partial charge on any atom is 0.0322 e. The summed E-state index contributed by atoms with van der Waals surface area (Å²) < 4.78 is 0. The average Bonchev–Trinajstić information content (AvgIpc) is 2.53. The van der Waals surface area contributed by atoms with E-state index in [0.29, 0.717) is 6.04 Å². The molecule has 0 bridgehead atoms. The van der Waals surface area contributed by atoms with Crippen LogP contribution in [0.5, 0.6) is 0 Å². The number of nitrogens with one attached hydrogen (secondary N) is 1. The molecule has 1 nitrogen and oxygen atoms in total. The van der Waals surface area contributed by atoms with E-state index in [2.05, 4.69) is 37.4 Å². The zero-order chi connectivity index (χ0) is 12.1. The van der Waals surface area contributed by atoms with Crippen LogP contribution < -0.4 is 5.32 Å². The zero-order valence-corrected chi connectivity index (χ0v) is 11.3. The third-order valence-electron chi connectivity index (χ3n) is 3.76. The van der Waals surface area contributed by atoms with Crippen LogP contribution in [0.1, 0.15) is 62.3 Å². The summed E-state index contributed by atoms with van der Waals surface area (Å²) in [4.78, 5) is 0. The van der Waals surface area contributed by atoms with Gasteiger partial charge in [-0.2, -0.15) is 0 Å². The molecule has 1 aromatic rings. The summed E-state index contributed by atoms with van der Waals surface area (Å²) in [6, 6.07) is 7.75. The molecule has 1 unspecified atom stereocenters. The number of aryl methyl sites for hydroxylation is 2. The number of hydrogen-bond donors (Lipinski definition) is 1. The summed E-state index contributed by atoms with van der Waals surface area (Å²) in [7, 11) is 0. The van der Waals surface area contributed by atoms with Crippen LogP contribution in [-0.2, 0) is 12.8 Å². The van der Waals surface area contributed by atoms with Crippen molar-refractivity contribution in [3.8, 4) is 0 Å². The van der Waals surface area contributed by atoms with Crippen LogP contribution in [-0.4, -0.2) is 6.54 Å². The first-order valence-electron chi connectivity index (χ1n) is 7.20. The van der Waals surface area contributed by atoms with Gasteiger partial charge in [-0.05, 0) is 48.9 Å². The molecule has 17 heavy (non-hydrogen) atoms. The average molecular weight is 231 g/mol. The predicted octanol–water partition coefficient (Wildman–Crippen LogP) is 4.02. The first-order valence-corrected chi connectivity index (χ1v) is 7.20. The molecule has 1 aromatic carbocycles.